The van der Waals surface area contributed by atoms with Crippen molar-refractivity contribution >= 4 is 5.78 Å². The maximum absolute atomic E-state index is 12.8. The molecule has 6 heteroatoms. The van der Waals surface area contributed by atoms with Gasteiger partial charge in [0.15, 0.2) is 0 Å². The number of hydrogen-bond donors (Lipinski definition) is 0. The summed E-state index contributed by atoms with van der Waals surface area (Å²) in [7, 11) is 1.57. The SMILES string of the molecule is COc1ccc(-c2nc3nc(-c4ccccc4)ccn3c(=O)c2C#N)cc1. The van der Waals surface area contributed by atoms with Crippen molar-refractivity contribution in [2.75, 3.05) is 7.11 Å². The lowest BCUT2D eigenvalue weighted by Crippen LogP contribution is -2.20. The molecule has 0 N–H and O–H groups in total. The number of benzene rings is 2. The molecule has 2 aromatic heterocycles. The van der Waals surface area contributed by atoms with Crippen LogP contribution in [0.15, 0.2) is 71.7 Å². The highest BCUT2D eigenvalue weighted by atomic mass is 16.5. The third-order valence-corrected chi connectivity index (χ3v) is 4.24. The molecule has 0 atom stereocenters. The van der Waals surface area contributed by atoms with Crippen LogP contribution in [0, 0.1) is 11.3 Å². The first kappa shape index (κ1) is 16.5. The fraction of sp³-hybridized carbons (Fsp3) is 0.0476. The van der Waals surface area contributed by atoms with Gasteiger partial charge in [0.25, 0.3) is 5.56 Å². The maximum atomic E-state index is 12.8. The number of fused-ring (bicyclic) bond motifs is 1. The summed E-state index contributed by atoms with van der Waals surface area (Å²) in [6, 6.07) is 20.4. The number of nitriles is 1. The van der Waals surface area contributed by atoms with Gasteiger partial charge in [0.2, 0.25) is 5.78 Å². The van der Waals surface area contributed by atoms with E-state index >= 15 is 0 Å². The molecular formula is C21H14N4O2. The van der Waals surface area contributed by atoms with Crippen molar-refractivity contribution in [3.8, 4) is 34.3 Å². The minimum atomic E-state index is -0.444. The topological polar surface area (TPSA) is 80.3 Å². The quantitative estimate of drug-likeness (QED) is 0.564. The molecule has 0 unspecified atom stereocenters. The predicted molar refractivity (Wildman–Crippen MR) is 101 cm³/mol. The minimum Gasteiger partial charge on any atom is -0.497 e. The summed E-state index contributed by atoms with van der Waals surface area (Å²) < 4.78 is 6.45. The van der Waals surface area contributed by atoms with Gasteiger partial charge in [-0.1, -0.05) is 30.3 Å². The Labute approximate surface area is 155 Å². The summed E-state index contributed by atoms with van der Waals surface area (Å²) in [5.41, 5.74) is 2.12. The van der Waals surface area contributed by atoms with Crippen LogP contribution in [-0.2, 0) is 0 Å². The number of aromatic nitrogens is 3. The highest BCUT2D eigenvalue weighted by Crippen LogP contribution is 2.23. The van der Waals surface area contributed by atoms with Crippen LogP contribution in [0.4, 0.5) is 0 Å². The smallest absolute Gasteiger partial charge is 0.277 e. The fourth-order valence-electron chi connectivity index (χ4n) is 2.85. The van der Waals surface area contributed by atoms with Gasteiger partial charge in [0.1, 0.15) is 17.4 Å². The summed E-state index contributed by atoms with van der Waals surface area (Å²) in [5, 5.41) is 9.50. The van der Waals surface area contributed by atoms with E-state index in [-0.39, 0.29) is 11.3 Å². The summed E-state index contributed by atoms with van der Waals surface area (Å²) >= 11 is 0. The lowest BCUT2D eigenvalue weighted by molar-refractivity contribution is 0.415. The van der Waals surface area contributed by atoms with E-state index in [1.54, 1.807) is 43.6 Å². The summed E-state index contributed by atoms with van der Waals surface area (Å²) in [6.07, 6.45) is 1.60. The van der Waals surface area contributed by atoms with E-state index in [0.29, 0.717) is 22.7 Å². The Balaban J connectivity index is 1.95. The van der Waals surface area contributed by atoms with Crippen LogP contribution >= 0.6 is 0 Å². The second kappa shape index (κ2) is 6.73. The molecule has 4 aromatic rings. The average molecular weight is 354 g/mol. The zero-order valence-corrected chi connectivity index (χ0v) is 14.5. The number of ether oxygens (including phenoxy) is 1. The van der Waals surface area contributed by atoms with Gasteiger partial charge in [-0.2, -0.15) is 5.26 Å². The molecule has 0 fully saturated rings. The van der Waals surface area contributed by atoms with Crippen molar-refractivity contribution in [3.05, 3.63) is 82.8 Å². The maximum Gasteiger partial charge on any atom is 0.277 e. The average Bonchev–Trinajstić information content (AvgIpc) is 2.74. The second-order valence-electron chi connectivity index (χ2n) is 5.83. The van der Waals surface area contributed by atoms with Gasteiger partial charge < -0.3 is 4.74 Å². The van der Waals surface area contributed by atoms with E-state index in [4.69, 9.17) is 4.74 Å². The Hall–Kier alpha value is -3.98. The number of rotatable bonds is 3. The molecule has 4 rings (SSSR count). The third-order valence-electron chi connectivity index (χ3n) is 4.24. The van der Waals surface area contributed by atoms with E-state index in [1.165, 1.54) is 4.40 Å². The molecule has 0 spiro atoms. The minimum absolute atomic E-state index is 0.0214. The van der Waals surface area contributed by atoms with Gasteiger partial charge in [-0.15, -0.1) is 0 Å². The van der Waals surface area contributed by atoms with E-state index in [9.17, 15) is 10.1 Å². The van der Waals surface area contributed by atoms with Crippen molar-refractivity contribution < 1.29 is 4.74 Å². The molecule has 0 aliphatic heterocycles. The van der Waals surface area contributed by atoms with Crippen molar-refractivity contribution in [1.82, 2.24) is 14.4 Å². The molecule has 130 valence electrons. The molecule has 2 aromatic carbocycles. The summed E-state index contributed by atoms with van der Waals surface area (Å²) in [4.78, 5) is 21.8. The van der Waals surface area contributed by atoms with E-state index < -0.39 is 5.56 Å². The summed E-state index contributed by atoms with van der Waals surface area (Å²) in [5.74, 6) is 0.922. The van der Waals surface area contributed by atoms with Gasteiger partial charge in [-0.3, -0.25) is 9.20 Å². The second-order valence-corrected chi connectivity index (χ2v) is 5.83. The first-order valence-corrected chi connectivity index (χ1v) is 8.24. The molecule has 0 amide bonds. The largest absolute Gasteiger partial charge is 0.497 e. The van der Waals surface area contributed by atoms with Crippen LogP contribution in [-0.4, -0.2) is 21.5 Å². The Morgan fingerprint density at radius 2 is 1.70 bits per heavy atom. The first-order chi connectivity index (χ1) is 13.2. The molecule has 0 aliphatic rings. The van der Waals surface area contributed by atoms with Crippen LogP contribution in [0.1, 0.15) is 5.56 Å². The molecule has 0 saturated carbocycles. The van der Waals surface area contributed by atoms with Crippen LogP contribution in [0.5, 0.6) is 5.75 Å². The standard InChI is InChI=1S/C21H14N4O2/c1-27-16-9-7-15(8-10-16)19-17(13-22)20(26)25-12-11-18(23-21(25)24-19)14-5-3-2-4-6-14/h2-12H,1H3. The zero-order chi connectivity index (χ0) is 18.8. The monoisotopic (exact) mass is 354 g/mol. The third kappa shape index (κ3) is 2.92. The number of methoxy groups -OCH3 is 1. The lowest BCUT2D eigenvalue weighted by Gasteiger charge is -2.08. The normalized spacial score (nSPS) is 10.5. The van der Waals surface area contributed by atoms with Gasteiger partial charge >= 0.3 is 0 Å². The van der Waals surface area contributed by atoms with Crippen molar-refractivity contribution in [1.29, 1.82) is 5.26 Å². The van der Waals surface area contributed by atoms with Crippen LogP contribution in [0.2, 0.25) is 0 Å². The summed E-state index contributed by atoms with van der Waals surface area (Å²) in [6.45, 7) is 0. The Morgan fingerprint density at radius 3 is 2.37 bits per heavy atom. The lowest BCUT2D eigenvalue weighted by atomic mass is 10.1. The van der Waals surface area contributed by atoms with Gasteiger partial charge in [-0.05, 0) is 30.3 Å². The molecule has 2 heterocycles. The highest BCUT2D eigenvalue weighted by Gasteiger charge is 2.15. The van der Waals surface area contributed by atoms with Crippen LogP contribution < -0.4 is 10.3 Å². The number of nitrogens with zero attached hydrogens (tertiary/aromatic N) is 4. The highest BCUT2D eigenvalue weighted by molar-refractivity contribution is 5.69. The van der Waals surface area contributed by atoms with Crippen LogP contribution in [0.25, 0.3) is 28.3 Å². The molecule has 0 aliphatic carbocycles. The molecule has 0 bridgehead atoms. The Bertz CT molecular complexity index is 1220. The Morgan fingerprint density at radius 1 is 0.963 bits per heavy atom. The van der Waals surface area contributed by atoms with Crippen LogP contribution in [0.3, 0.4) is 0 Å². The first-order valence-electron chi connectivity index (χ1n) is 8.24. The molecule has 6 nitrogen and oxygen atoms in total. The number of hydrogen-bond acceptors (Lipinski definition) is 5. The van der Waals surface area contributed by atoms with Gasteiger partial charge in [-0.25, -0.2) is 9.97 Å². The van der Waals surface area contributed by atoms with E-state index in [1.807, 2.05) is 36.4 Å². The molecule has 0 radical (unpaired) electrons. The fourth-order valence-corrected chi connectivity index (χ4v) is 2.85. The molecule has 0 saturated heterocycles. The van der Waals surface area contributed by atoms with Crippen molar-refractivity contribution in [2.45, 2.75) is 0 Å². The molecule has 27 heavy (non-hydrogen) atoms. The molecular weight excluding hydrogens is 340 g/mol. The predicted octanol–water partition coefficient (Wildman–Crippen LogP) is 3.30. The van der Waals surface area contributed by atoms with Gasteiger partial charge in [0, 0.05) is 17.3 Å². The van der Waals surface area contributed by atoms with E-state index in [0.717, 1.165) is 5.56 Å². The zero-order valence-electron chi connectivity index (χ0n) is 14.5. The van der Waals surface area contributed by atoms with Crippen molar-refractivity contribution in [3.63, 3.8) is 0 Å². The Kier molecular flexibility index (Phi) is 4.11. The van der Waals surface area contributed by atoms with Gasteiger partial charge in [0.05, 0.1) is 18.5 Å². The van der Waals surface area contributed by atoms with Crippen molar-refractivity contribution in [2.24, 2.45) is 0 Å². The van der Waals surface area contributed by atoms with E-state index in [2.05, 4.69) is 9.97 Å².